The van der Waals surface area contributed by atoms with Crippen LogP contribution in [0, 0.1) is 0 Å². The van der Waals surface area contributed by atoms with Crippen molar-refractivity contribution >= 4 is 22.7 Å². The first kappa shape index (κ1) is 17.9. The van der Waals surface area contributed by atoms with E-state index in [0.717, 1.165) is 11.1 Å². The number of nitrogens with one attached hydrogen (secondary N) is 1. The summed E-state index contributed by atoms with van der Waals surface area (Å²) in [4.78, 5) is 21.0. The van der Waals surface area contributed by atoms with Crippen LogP contribution in [0.15, 0.2) is 59.5 Å². The molecule has 142 valence electrons. The van der Waals surface area contributed by atoms with Crippen LogP contribution in [0.3, 0.4) is 0 Å². The number of fused-ring (bicyclic) bond motifs is 1. The molecule has 0 saturated carbocycles. The lowest BCUT2D eigenvalue weighted by molar-refractivity contribution is 0.102. The minimum atomic E-state index is -0.175. The Bertz CT molecular complexity index is 1110. The second-order valence-electron chi connectivity index (χ2n) is 7.70. The molecule has 2 aromatic carbocycles. The number of carbonyl (C=O) groups is 1. The fourth-order valence-electron chi connectivity index (χ4n) is 2.79. The SMILES string of the molecule is CC(C)(C)c1nc2cc(NC(=O)c3ccc(Cn4cncn4)cc3)ccc2o1. The fourth-order valence-corrected chi connectivity index (χ4v) is 2.79. The Morgan fingerprint density at radius 2 is 1.93 bits per heavy atom. The van der Waals surface area contributed by atoms with E-state index >= 15 is 0 Å². The van der Waals surface area contributed by atoms with Crippen LogP contribution in [0.5, 0.6) is 0 Å². The quantitative estimate of drug-likeness (QED) is 0.582. The molecule has 1 amide bonds. The van der Waals surface area contributed by atoms with Crippen LogP contribution >= 0.6 is 0 Å². The molecule has 0 aliphatic rings. The monoisotopic (exact) mass is 375 g/mol. The van der Waals surface area contributed by atoms with Crippen LogP contribution in [0.2, 0.25) is 0 Å². The summed E-state index contributed by atoms with van der Waals surface area (Å²) in [6.45, 7) is 6.76. The normalized spacial score (nSPS) is 11.7. The van der Waals surface area contributed by atoms with Crippen molar-refractivity contribution in [1.82, 2.24) is 19.7 Å². The van der Waals surface area contributed by atoms with Gasteiger partial charge in [-0.3, -0.25) is 4.79 Å². The highest BCUT2D eigenvalue weighted by Crippen LogP contribution is 2.27. The summed E-state index contributed by atoms with van der Waals surface area (Å²) in [5.41, 5.74) is 3.57. The Morgan fingerprint density at radius 1 is 1.14 bits per heavy atom. The molecule has 2 aromatic heterocycles. The van der Waals surface area contributed by atoms with E-state index in [2.05, 4.69) is 20.4 Å². The van der Waals surface area contributed by atoms with Gasteiger partial charge >= 0.3 is 0 Å². The lowest BCUT2D eigenvalue weighted by Gasteiger charge is -2.11. The van der Waals surface area contributed by atoms with Crippen molar-refractivity contribution in [3.8, 4) is 0 Å². The molecule has 0 saturated heterocycles. The second-order valence-corrected chi connectivity index (χ2v) is 7.70. The number of nitrogens with zero attached hydrogens (tertiary/aromatic N) is 4. The molecule has 0 fully saturated rings. The summed E-state index contributed by atoms with van der Waals surface area (Å²) in [6.07, 6.45) is 3.16. The third-order valence-electron chi connectivity index (χ3n) is 4.31. The van der Waals surface area contributed by atoms with Crippen molar-refractivity contribution in [2.24, 2.45) is 0 Å². The number of hydrogen-bond acceptors (Lipinski definition) is 5. The van der Waals surface area contributed by atoms with Crippen molar-refractivity contribution in [3.63, 3.8) is 0 Å². The van der Waals surface area contributed by atoms with E-state index in [4.69, 9.17) is 4.42 Å². The van der Waals surface area contributed by atoms with Gasteiger partial charge in [0.05, 0.1) is 6.54 Å². The van der Waals surface area contributed by atoms with Gasteiger partial charge in [0.15, 0.2) is 5.58 Å². The van der Waals surface area contributed by atoms with Gasteiger partial charge in [0.2, 0.25) is 5.89 Å². The lowest BCUT2D eigenvalue weighted by Crippen LogP contribution is -2.12. The highest BCUT2D eigenvalue weighted by molar-refractivity contribution is 6.04. The van der Waals surface area contributed by atoms with Gasteiger partial charge in [-0.25, -0.2) is 14.6 Å². The van der Waals surface area contributed by atoms with E-state index in [9.17, 15) is 4.79 Å². The summed E-state index contributed by atoms with van der Waals surface area (Å²) >= 11 is 0. The molecule has 7 heteroatoms. The molecule has 0 atom stereocenters. The minimum absolute atomic E-state index is 0.170. The summed E-state index contributed by atoms with van der Waals surface area (Å²) < 4.78 is 7.53. The topological polar surface area (TPSA) is 85.8 Å². The molecule has 1 N–H and O–H groups in total. The number of anilines is 1. The van der Waals surface area contributed by atoms with Gasteiger partial charge < -0.3 is 9.73 Å². The maximum Gasteiger partial charge on any atom is 0.255 e. The molecule has 28 heavy (non-hydrogen) atoms. The molecule has 0 bridgehead atoms. The van der Waals surface area contributed by atoms with E-state index in [1.54, 1.807) is 23.1 Å². The zero-order chi connectivity index (χ0) is 19.7. The average molecular weight is 375 g/mol. The van der Waals surface area contributed by atoms with E-state index in [-0.39, 0.29) is 11.3 Å². The van der Waals surface area contributed by atoms with Crippen LogP contribution in [-0.4, -0.2) is 25.7 Å². The molecule has 0 spiro atoms. The zero-order valence-corrected chi connectivity index (χ0v) is 16.0. The maximum atomic E-state index is 12.6. The molecule has 0 unspecified atom stereocenters. The number of carbonyl (C=O) groups excluding carboxylic acids is 1. The highest BCUT2D eigenvalue weighted by Gasteiger charge is 2.21. The summed E-state index contributed by atoms with van der Waals surface area (Å²) in [5, 5.41) is 6.99. The lowest BCUT2D eigenvalue weighted by atomic mass is 9.97. The summed E-state index contributed by atoms with van der Waals surface area (Å²) in [6, 6.07) is 12.9. The third-order valence-corrected chi connectivity index (χ3v) is 4.31. The summed E-state index contributed by atoms with van der Waals surface area (Å²) in [5.74, 6) is 0.500. The summed E-state index contributed by atoms with van der Waals surface area (Å²) in [7, 11) is 0. The maximum absolute atomic E-state index is 12.6. The van der Waals surface area contributed by atoms with Crippen molar-refractivity contribution in [1.29, 1.82) is 0 Å². The average Bonchev–Trinajstić information content (AvgIpc) is 3.31. The van der Waals surface area contributed by atoms with Gasteiger partial charge in [-0.15, -0.1) is 0 Å². The Balaban J connectivity index is 1.48. The fraction of sp³-hybridized carbons (Fsp3) is 0.238. The Morgan fingerprint density at radius 3 is 2.61 bits per heavy atom. The van der Waals surface area contributed by atoms with E-state index in [1.807, 2.05) is 51.1 Å². The van der Waals surface area contributed by atoms with E-state index in [0.29, 0.717) is 29.3 Å². The number of amides is 1. The van der Waals surface area contributed by atoms with Crippen LogP contribution in [-0.2, 0) is 12.0 Å². The van der Waals surface area contributed by atoms with Gasteiger partial charge in [0, 0.05) is 16.7 Å². The van der Waals surface area contributed by atoms with Crippen LogP contribution in [0.4, 0.5) is 5.69 Å². The molecule has 4 aromatic rings. The smallest absolute Gasteiger partial charge is 0.255 e. The molecule has 7 nitrogen and oxygen atoms in total. The van der Waals surface area contributed by atoms with Crippen LogP contribution < -0.4 is 5.32 Å². The van der Waals surface area contributed by atoms with Crippen molar-refractivity contribution in [3.05, 3.63) is 72.1 Å². The van der Waals surface area contributed by atoms with Crippen LogP contribution in [0.25, 0.3) is 11.1 Å². The molecule has 0 aliphatic heterocycles. The molecule has 2 heterocycles. The Hall–Kier alpha value is -3.48. The van der Waals surface area contributed by atoms with Crippen molar-refractivity contribution < 1.29 is 9.21 Å². The minimum Gasteiger partial charge on any atom is -0.440 e. The molecule has 4 rings (SSSR count). The highest BCUT2D eigenvalue weighted by atomic mass is 16.3. The molecule has 0 radical (unpaired) electrons. The van der Waals surface area contributed by atoms with E-state index in [1.165, 1.54) is 6.33 Å². The predicted molar refractivity (Wildman–Crippen MR) is 106 cm³/mol. The van der Waals surface area contributed by atoms with Gasteiger partial charge in [-0.2, -0.15) is 5.10 Å². The number of rotatable bonds is 4. The zero-order valence-electron chi connectivity index (χ0n) is 16.0. The standard InChI is InChI=1S/C21H21N5O2/c1-21(2,3)20-25-17-10-16(8-9-18(17)28-20)24-19(27)15-6-4-14(5-7-15)11-26-13-22-12-23-26/h4-10,12-13H,11H2,1-3H3,(H,24,27). The number of hydrogen-bond donors (Lipinski definition) is 1. The van der Waals surface area contributed by atoms with Crippen molar-refractivity contribution in [2.75, 3.05) is 5.32 Å². The van der Waals surface area contributed by atoms with Gasteiger partial charge in [0.1, 0.15) is 18.2 Å². The number of benzene rings is 2. The second kappa shape index (κ2) is 6.92. The largest absolute Gasteiger partial charge is 0.440 e. The predicted octanol–water partition coefficient (Wildman–Crippen LogP) is 4.02. The first-order chi connectivity index (χ1) is 13.4. The Labute approximate surface area is 162 Å². The van der Waals surface area contributed by atoms with Gasteiger partial charge in [-0.1, -0.05) is 32.9 Å². The molecular formula is C21H21N5O2. The first-order valence-electron chi connectivity index (χ1n) is 9.02. The number of aromatic nitrogens is 4. The first-order valence-corrected chi connectivity index (χ1v) is 9.02. The Kier molecular flexibility index (Phi) is 4.43. The number of oxazole rings is 1. The molecule has 0 aliphatic carbocycles. The van der Waals surface area contributed by atoms with Gasteiger partial charge in [-0.05, 0) is 35.9 Å². The van der Waals surface area contributed by atoms with Crippen LogP contribution in [0.1, 0.15) is 42.6 Å². The van der Waals surface area contributed by atoms with E-state index < -0.39 is 0 Å². The molecular weight excluding hydrogens is 354 g/mol. The van der Waals surface area contributed by atoms with Crippen molar-refractivity contribution in [2.45, 2.75) is 32.7 Å². The third kappa shape index (κ3) is 3.78. The van der Waals surface area contributed by atoms with Gasteiger partial charge in [0.25, 0.3) is 5.91 Å².